The van der Waals surface area contributed by atoms with Crippen LogP contribution in [-0.4, -0.2) is 17.0 Å². The van der Waals surface area contributed by atoms with Crippen LogP contribution in [0.3, 0.4) is 0 Å². The van der Waals surface area contributed by atoms with Crippen molar-refractivity contribution in [1.29, 1.82) is 0 Å². The second-order valence-corrected chi connectivity index (χ2v) is 6.25. The molecule has 1 aromatic rings. The zero-order valence-corrected chi connectivity index (χ0v) is 13.3. The Kier molecular flexibility index (Phi) is 4.70. The SMILES string of the molecule is CSC1=NC(C)(C)C=C(C=Cc2ccc(C(F)(F)F)cc2)N1. The van der Waals surface area contributed by atoms with Gasteiger partial charge in [-0.1, -0.05) is 30.0 Å². The molecule has 0 unspecified atom stereocenters. The molecule has 0 fully saturated rings. The van der Waals surface area contributed by atoms with Gasteiger partial charge in [-0.15, -0.1) is 0 Å². The van der Waals surface area contributed by atoms with Crippen molar-refractivity contribution in [2.75, 3.05) is 6.26 Å². The van der Waals surface area contributed by atoms with Gasteiger partial charge in [0.2, 0.25) is 0 Å². The molecular weight excluding hydrogens is 309 g/mol. The standard InChI is InChI=1S/C16H17F3N2S/c1-15(2)10-13(20-14(21-15)22-3)9-6-11-4-7-12(8-5-11)16(17,18)19/h4-10H,1-3H3,(H,20,21). The molecular formula is C16H17F3N2S. The monoisotopic (exact) mass is 326 g/mol. The summed E-state index contributed by atoms with van der Waals surface area (Å²) in [5.41, 5.74) is 0.646. The van der Waals surface area contributed by atoms with Gasteiger partial charge in [-0.3, -0.25) is 4.99 Å². The van der Waals surface area contributed by atoms with Gasteiger partial charge in [0.25, 0.3) is 0 Å². The van der Waals surface area contributed by atoms with Crippen molar-refractivity contribution in [3.63, 3.8) is 0 Å². The summed E-state index contributed by atoms with van der Waals surface area (Å²) in [6.45, 7) is 3.99. The van der Waals surface area contributed by atoms with Crippen molar-refractivity contribution in [2.45, 2.75) is 25.6 Å². The van der Waals surface area contributed by atoms with E-state index in [0.29, 0.717) is 5.56 Å². The van der Waals surface area contributed by atoms with E-state index in [1.165, 1.54) is 23.9 Å². The molecule has 0 bridgehead atoms. The van der Waals surface area contributed by atoms with Gasteiger partial charge in [0.05, 0.1) is 11.1 Å². The van der Waals surface area contributed by atoms with Crippen LogP contribution < -0.4 is 5.32 Å². The van der Waals surface area contributed by atoms with E-state index in [1.807, 2.05) is 32.3 Å². The number of alkyl halides is 3. The Balaban J connectivity index is 2.14. The number of nitrogens with zero attached hydrogens (tertiary/aromatic N) is 1. The van der Waals surface area contributed by atoms with Gasteiger partial charge in [-0.25, -0.2) is 0 Å². The number of amidine groups is 1. The highest BCUT2D eigenvalue weighted by atomic mass is 32.2. The van der Waals surface area contributed by atoms with Crippen LogP contribution >= 0.6 is 11.8 Å². The van der Waals surface area contributed by atoms with Crippen molar-refractivity contribution in [3.8, 4) is 0 Å². The molecule has 0 radical (unpaired) electrons. The van der Waals surface area contributed by atoms with E-state index in [1.54, 1.807) is 6.08 Å². The van der Waals surface area contributed by atoms with Gasteiger partial charge in [-0.2, -0.15) is 13.2 Å². The van der Waals surface area contributed by atoms with Crippen LogP contribution in [0.1, 0.15) is 25.0 Å². The van der Waals surface area contributed by atoms with Crippen LogP contribution in [-0.2, 0) is 6.18 Å². The quantitative estimate of drug-likeness (QED) is 0.851. The van der Waals surface area contributed by atoms with Crippen molar-refractivity contribution in [1.82, 2.24) is 5.32 Å². The molecule has 0 saturated heterocycles. The highest BCUT2D eigenvalue weighted by molar-refractivity contribution is 8.13. The zero-order valence-electron chi connectivity index (χ0n) is 12.5. The molecule has 0 saturated carbocycles. The first-order valence-corrected chi connectivity index (χ1v) is 7.91. The fourth-order valence-corrected chi connectivity index (χ4v) is 2.56. The number of nitrogens with one attached hydrogen (secondary N) is 1. The topological polar surface area (TPSA) is 24.4 Å². The molecule has 1 aromatic carbocycles. The molecule has 0 spiro atoms. The van der Waals surface area contributed by atoms with Crippen molar-refractivity contribution in [3.05, 3.63) is 53.2 Å². The largest absolute Gasteiger partial charge is 0.416 e. The van der Waals surface area contributed by atoms with Gasteiger partial charge in [0, 0.05) is 5.70 Å². The summed E-state index contributed by atoms with van der Waals surface area (Å²) >= 11 is 1.52. The zero-order chi connectivity index (χ0) is 16.4. The van der Waals surface area contributed by atoms with Crippen molar-refractivity contribution >= 4 is 23.0 Å². The van der Waals surface area contributed by atoms with E-state index in [9.17, 15) is 13.2 Å². The molecule has 2 rings (SSSR count). The molecule has 6 heteroatoms. The average molecular weight is 326 g/mol. The smallest absolute Gasteiger partial charge is 0.335 e. The van der Waals surface area contributed by atoms with Crippen molar-refractivity contribution < 1.29 is 13.2 Å². The third-order valence-corrected chi connectivity index (χ3v) is 3.62. The Bertz CT molecular complexity index is 626. The minimum atomic E-state index is -4.30. The second-order valence-electron chi connectivity index (χ2n) is 5.45. The number of hydrogen-bond acceptors (Lipinski definition) is 3. The minimum absolute atomic E-state index is 0.302. The van der Waals surface area contributed by atoms with Crippen LogP contribution in [0.4, 0.5) is 13.2 Å². The van der Waals surface area contributed by atoms with E-state index in [2.05, 4.69) is 10.3 Å². The lowest BCUT2D eigenvalue weighted by Gasteiger charge is -2.24. The first-order valence-electron chi connectivity index (χ1n) is 6.69. The van der Waals surface area contributed by atoms with Crippen LogP contribution in [0.15, 0.2) is 47.1 Å². The molecule has 118 valence electrons. The van der Waals surface area contributed by atoms with E-state index in [4.69, 9.17) is 0 Å². The summed E-state index contributed by atoms with van der Waals surface area (Å²) in [6.07, 6.45) is 3.23. The maximum atomic E-state index is 12.5. The molecule has 0 aromatic heterocycles. The van der Waals surface area contributed by atoms with Gasteiger partial charge < -0.3 is 5.32 Å². The van der Waals surface area contributed by atoms with Crippen LogP contribution in [0, 0.1) is 0 Å². The number of allylic oxidation sites excluding steroid dienone is 1. The summed E-state index contributed by atoms with van der Waals surface area (Å²) in [7, 11) is 0. The summed E-state index contributed by atoms with van der Waals surface area (Å²) in [4.78, 5) is 4.51. The third kappa shape index (κ3) is 4.40. The van der Waals surface area contributed by atoms with E-state index < -0.39 is 11.7 Å². The van der Waals surface area contributed by atoms with Crippen molar-refractivity contribution in [2.24, 2.45) is 4.99 Å². The fraction of sp³-hybridized carbons (Fsp3) is 0.312. The molecule has 0 amide bonds. The Morgan fingerprint density at radius 3 is 2.32 bits per heavy atom. The number of halogens is 3. The van der Waals surface area contributed by atoms with Crippen LogP contribution in [0.25, 0.3) is 6.08 Å². The molecule has 1 aliphatic rings. The number of aliphatic imine (C=N–C) groups is 1. The molecule has 22 heavy (non-hydrogen) atoms. The minimum Gasteiger partial charge on any atom is -0.335 e. The highest BCUT2D eigenvalue weighted by Crippen LogP contribution is 2.29. The Labute approximate surface area is 132 Å². The first-order chi connectivity index (χ1) is 10.2. The summed E-state index contributed by atoms with van der Waals surface area (Å²) in [6, 6.07) is 5.08. The molecule has 1 heterocycles. The van der Waals surface area contributed by atoms with E-state index in [0.717, 1.165) is 23.0 Å². The summed E-state index contributed by atoms with van der Waals surface area (Å²) in [5, 5.41) is 3.99. The first kappa shape index (κ1) is 16.7. The summed E-state index contributed by atoms with van der Waals surface area (Å²) < 4.78 is 37.5. The fourth-order valence-electron chi connectivity index (χ4n) is 2.02. The molecule has 0 aliphatic carbocycles. The Morgan fingerprint density at radius 1 is 1.14 bits per heavy atom. The Hall–Kier alpha value is -1.69. The maximum absolute atomic E-state index is 12.5. The van der Waals surface area contributed by atoms with E-state index in [-0.39, 0.29) is 5.54 Å². The van der Waals surface area contributed by atoms with Crippen LogP contribution in [0.2, 0.25) is 0 Å². The number of rotatable bonds is 2. The second kappa shape index (κ2) is 6.20. The molecule has 2 nitrogen and oxygen atoms in total. The predicted octanol–water partition coefficient (Wildman–Crippen LogP) is 4.70. The molecule has 1 N–H and O–H groups in total. The van der Waals surface area contributed by atoms with Gasteiger partial charge in [-0.05, 0) is 50.0 Å². The van der Waals surface area contributed by atoms with Gasteiger partial charge in [0.15, 0.2) is 5.17 Å². The lowest BCUT2D eigenvalue weighted by molar-refractivity contribution is -0.137. The van der Waals surface area contributed by atoms with Gasteiger partial charge in [0.1, 0.15) is 0 Å². The lowest BCUT2D eigenvalue weighted by Crippen LogP contribution is -2.31. The number of hydrogen-bond donors (Lipinski definition) is 1. The number of benzene rings is 1. The van der Waals surface area contributed by atoms with Crippen LogP contribution in [0.5, 0.6) is 0 Å². The van der Waals surface area contributed by atoms with E-state index >= 15 is 0 Å². The Morgan fingerprint density at radius 2 is 1.77 bits per heavy atom. The number of thioether (sulfide) groups is 1. The highest BCUT2D eigenvalue weighted by Gasteiger charge is 2.29. The van der Waals surface area contributed by atoms with Gasteiger partial charge >= 0.3 is 6.18 Å². The predicted molar refractivity (Wildman–Crippen MR) is 86.7 cm³/mol. The average Bonchev–Trinajstić information content (AvgIpc) is 2.43. The normalized spacial score (nSPS) is 17.9. The maximum Gasteiger partial charge on any atom is 0.416 e. The molecule has 0 atom stereocenters. The lowest BCUT2D eigenvalue weighted by atomic mass is 10.0. The summed E-state index contributed by atoms with van der Waals surface area (Å²) in [5.74, 6) is 0. The molecule has 1 aliphatic heterocycles. The third-order valence-electron chi connectivity index (χ3n) is 3.04.